The highest BCUT2D eigenvalue weighted by atomic mass is 16.5. The van der Waals surface area contributed by atoms with E-state index in [0.717, 1.165) is 31.2 Å². The van der Waals surface area contributed by atoms with Gasteiger partial charge in [0, 0.05) is 18.7 Å². The minimum Gasteiger partial charge on any atom is -0.466 e. The molecule has 1 fully saturated rings. The Labute approximate surface area is 163 Å². The fraction of sp³-hybridized carbons (Fsp3) is 0.565. The van der Waals surface area contributed by atoms with E-state index in [1.54, 1.807) is 13.0 Å². The minimum absolute atomic E-state index is 0.0147. The molecule has 0 saturated heterocycles. The van der Waals surface area contributed by atoms with Gasteiger partial charge in [-0.3, -0.25) is 9.59 Å². The summed E-state index contributed by atoms with van der Waals surface area (Å²) >= 11 is 0. The van der Waals surface area contributed by atoms with Gasteiger partial charge in [-0.05, 0) is 42.9 Å². The monoisotopic (exact) mass is 371 g/mol. The first kappa shape index (κ1) is 21.2. The van der Waals surface area contributed by atoms with Gasteiger partial charge in [0.2, 0.25) is 5.91 Å². The van der Waals surface area contributed by atoms with E-state index in [9.17, 15) is 9.59 Å². The van der Waals surface area contributed by atoms with Gasteiger partial charge >= 0.3 is 5.97 Å². The zero-order chi connectivity index (χ0) is 19.6. The standard InChI is InChI=1S/C23H33NO3/c1-4-27-23(26)16-17-24(21-8-6-5-7-9-21)22(25)15-12-19-10-13-20(14-11-19)18(2)3/h10-15,18,21H,4-9,16-17H2,1-3H3/b15-12+. The maximum Gasteiger partial charge on any atom is 0.307 e. The molecule has 1 aliphatic carbocycles. The van der Waals surface area contributed by atoms with Crippen LogP contribution in [0.15, 0.2) is 30.3 Å². The summed E-state index contributed by atoms with van der Waals surface area (Å²) in [5, 5.41) is 0. The Kier molecular flexibility index (Phi) is 8.56. The van der Waals surface area contributed by atoms with E-state index < -0.39 is 0 Å². The number of amides is 1. The van der Waals surface area contributed by atoms with Crippen molar-refractivity contribution in [3.63, 3.8) is 0 Å². The molecule has 4 nitrogen and oxygen atoms in total. The van der Waals surface area contributed by atoms with Crippen molar-refractivity contribution in [2.45, 2.75) is 71.3 Å². The molecule has 2 rings (SSSR count). The Hall–Kier alpha value is -2.10. The van der Waals surface area contributed by atoms with Crippen LogP contribution in [0.25, 0.3) is 6.08 Å². The normalized spacial score (nSPS) is 15.3. The lowest BCUT2D eigenvalue weighted by atomic mass is 9.94. The van der Waals surface area contributed by atoms with Crippen molar-refractivity contribution in [2.24, 2.45) is 0 Å². The van der Waals surface area contributed by atoms with Gasteiger partial charge in [0.15, 0.2) is 0 Å². The van der Waals surface area contributed by atoms with Crippen LogP contribution in [-0.2, 0) is 14.3 Å². The van der Waals surface area contributed by atoms with Gasteiger partial charge in [0.25, 0.3) is 0 Å². The summed E-state index contributed by atoms with van der Waals surface area (Å²) in [6.45, 7) is 6.94. The molecule has 0 spiro atoms. The van der Waals surface area contributed by atoms with Crippen molar-refractivity contribution in [2.75, 3.05) is 13.2 Å². The van der Waals surface area contributed by atoms with Crippen LogP contribution in [0.2, 0.25) is 0 Å². The topological polar surface area (TPSA) is 46.6 Å². The summed E-state index contributed by atoms with van der Waals surface area (Å²) in [5.74, 6) is 0.243. The molecular formula is C23H33NO3. The van der Waals surface area contributed by atoms with E-state index in [0.29, 0.717) is 19.1 Å². The number of hydrogen-bond acceptors (Lipinski definition) is 3. The van der Waals surface area contributed by atoms with Crippen molar-refractivity contribution in [1.82, 2.24) is 4.90 Å². The SMILES string of the molecule is CCOC(=O)CCN(C(=O)/C=C/c1ccc(C(C)C)cc1)C1CCCCC1. The van der Waals surface area contributed by atoms with E-state index in [2.05, 4.69) is 26.0 Å². The van der Waals surface area contributed by atoms with E-state index in [1.807, 2.05) is 23.1 Å². The van der Waals surface area contributed by atoms with Gasteiger partial charge in [0.1, 0.15) is 0 Å². The molecular weight excluding hydrogens is 338 g/mol. The molecule has 4 heteroatoms. The molecule has 0 radical (unpaired) electrons. The maximum atomic E-state index is 12.8. The van der Waals surface area contributed by atoms with Crippen LogP contribution in [0.5, 0.6) is 0 Å². The van der Waals surface area contributed by atoms with Crippen molar-refractivity contribution < 1.29 is 14.3 Å². The largest absolute Gasteiger partial charge is 0.466 e. The Morgan fingerprint density at radius 2 is 1.81 bits per heavy atom. The zero-order valence-electron chi connectivity index (χ0n) is 16.9. The van der Waals surface area contributed by atoms with Crippen LogP contribution in [0.4, 0.5) is 0 Å². The molecule has 1 amide bonds. The Morgan fingerprint density at radius 1 is 1.15 bits per heavy atom. The number of carbonyl (C=O) groups is 2. The summed E-state index contributed by atoms with van der Waals surface area (Å²) in [5.41, 5.74) is 2.30. The highest BCUT2D eigenvalue weighted by Crippen LogP contribution is 2.23. The lowest BCUT2D eigenvalue weighted by Gasteiger charge is -2.33. The number of hydrogen-bond donors (Lipinski definition) is 0. The highest BCUT2D eigenvalue weighted by molar-refractivity contribution is 5.92. The van der Waals surface area contributed by atoms with Gasteiger partial charge in [-0.2, -0.15) is 0 Å². The molecule has 1 saturated carbocycles. The van der Waals surface area contributed by atoms with Gasteiger partial charge < -0.3 is 9.64 Å². The maximum absolute atomic E-state index is 12.8. The summed E-state index contributed by atoms with van der Waals surface area (Å²) in [6, 6.07) is 8.53. The number of nitrogens with zero attached hydrogens (tertiary/aromatic N) is 1. The molecule has 1 aromatic carbocycles. The summed E-state index contributed by atoms with van der Waals surface area (Å²) in [4.78, 5) is 26.5. The molecule has 1 aromatic rings. The Morgan fingerprint density at radius 3 is 2.41 bits per heavy atom. The second-order valence-electron chi connectivity index (χ2n) is 7.53. The molecule has 0 heterocycles. The Bertz CT molecular complexity index is 628. The van der Waals surface area contributed by atoms with E-state index in [-0.39, 0.29) is 24.3 Å². The first-order valence-electron chi connectivity index (χ1n) is 10.3. The summed E-state index contributed by atoms with van der Waals surface area (Å²) < 4.78 is 5.02. The van der Waals surface area contributed by atoms with Gasteiger partial charge in [0.05, 0.1) is 13.0 Å². The minimum atomic E-state index is -0.237. The zero-order valence-corrected chi connectivity index (χ0v) is 16.9. The fourth-order valence-electron chi connectivity index (χ4n) is 3.57. The van der Waals surface area contributed by atoms with Gasteiger partial charge in [-0.25, -0.2) is 0 Å². The number of rotatable bonds is 8. The third-order valence-corrected chi connectivity index (χ3v) is 5.18. The van der Waals surface area contributed by atoms with Crippen LogP contribution in [0.1, 0.15) is 76.3 Å². The molecule has 0 aliphatic heterocycles. The van der Waals surface area contributed by atoms with Crippen molar-refractivity contribution >= 4 is 18.0 Å². The Balaban J connectivity index is 2.03. The highest BCUT2D eigenvalue weighted by Gasteiger charge is 2.24. The molecule has 27 heavy (non-hydrogen) atoms. The average molecular weight is 372 g/mol. The van der Waals surface area contributed by atoms with Crippen LogP contribution in [-0.4, -0.2) is 36.0 Å². The predicted molar refractivity (Wildman–Crippen MR) is 109 cm³/mol. The molecule has 0 bridgehead atoms. The quantitative estimate of drug-likeness (QED) is 0.480. The van der Waals surface area contributed by atoms with Gasteiger partial charge in [-0.1, -0.05) is 57.4 Å². The molecule has 0 atom stereocenters. The van der Waals surface area contributed by atoms with E-state index in [4.69, 9.17) is 4.74 Å². The fourth-order valence-corrected chi connectivity index (χ4v) is 3.57. The number of carbonyl (C=O) groups excluding carboxylic acids is 2. The third kappa shape index (κ3) is 6.85. The predicted octanol–water partition coefficient (Wildman–Crippen LogP) is 4.94. The molecule has 0 unspecified atom stereocenters. The molecule has 1 aliphatic rings. The number of ether oxygens (including phenoxy) is 1. The van der Waals surface area contributed by atoms with Crippen LogP contribution >= 0.6 is 0 Å². The van der Waals surface area contributed by atoms with E-state index in [1.165, 1.54) is 12.0 Å². The van der Waals surface area contributed by atoms with Crippen LogP contribution < -0.4 is 0 Å². The lowest BCUT2D eigenvalue weighted by molar-refractivity contribution is -0.144. The lowest BCUT2D eigenvalue weighted by Crippen LogP contribution is -2.42. The molecule has 0 N–H and O–H groups in total. The molecule has 148 valence electrons. The number of esters is 1. The number of benzene rings is 1. The third-order valence-electron chi connectivity index (χ3n) is 5.18. The van der Waals surface area contributed by atoms with Crippen molar-refractivity contribution in [3.05, 3.63) is 41.5 Å². The first-order chi connectivity index (χ1) is 13.0. The second kappa shape index (κ2) is 10.9. The molecule has 0 aromatic heterocycles. The van der Waals surface area contributed by atoms with Crippen LogP contribution in [0.3, 0.4) is 0 Å². The van der Waals surface area contributed by atoms with E-state index >= 15 is 0 Å². The average Bonchev–Trinajstić information content (AvgIpc) is 2.68. The van der Waals surface area contributed by atoms with Crippen molar-refractivity contribution in [1.29, 1.82) is 0 Å². The summed E-state index contributed by atoms with van der Waals surface area (Å²) in [6.07, 6.45) is 9.33. The summed E-state index contributed by atoms with van der Waals surface area (Å²) in [7, 11) is 0. The second-order valence-corrected chi connectivity index (χ2v) is 7.53. The van der Waals surface area contributed by atoms with Gasteiger partial charge in [-0.15, -0.1) is 0 Å². The smallest absolute Gasteiger partial charge is 0.307 e. The van der Waals surface area contributed by atoms with Crippen LogP contribution in [0, 0.1) is 0 Å². The van der Waals surface area contributed by atoms with Crippen molar-refractivity contribution in [3.8, 4) is 0 Å². The first-order valence-corrected chi connectivity index (χ1v) is 10.3.